The Kier molecular flexibility index (Phi) is 4.69. The minimum absolute atomic E-state index is 0.422. The number of nitrogens with two attached hydrogens (primary N) is 1. The summed E-state index contributed by atoms with van der Waals surface area (Å²) in [5.41, 5.74) is 8.02. The highest BCUT2D eigenvalue weighted by Gasteiger charge is 2.08. The van der Waals surface area contributed by atoms with Gasteiger partial charge in [0.1, 0.15) is 5.75 Å². The lowest BCUT2D eigenvalue weighted by molar-refractivity contribution is 0.1000. The Hall–Kier alpha value is -1.94. The first kappa shape index (κ1) is 14.5. The van der Waals surface area contributed by atoms with Crippen LogP contribution in [0.25, 0.3) is 0 Å². The SMILES string of the molecule is COc1ccc(C(N)=O)cc1CSc1ccc(C)cc1. The van der Waals surface area contributed by atoms with Gasteiger partial charge in [-0.05, 0) is 37.3 Å². The molecule has 2 rings (SSSR count). The summed E-state index contributed by atoms with van der Waals surface area (Å²) in [6.07, 6.45) is 0. The van der Waals surface area contributed by atoms with Crippen LogP contribution in [-0.4, -0.2) is 13.0 Å². The van der Waals surface area contributed by atoms with Crippen molar-refractivity contribution in [1.29, 1.82) is 0 Å². The number of primary amides is 1. The molecule has 0 aromatic heterocycles. The molecule has 2 N–H and O–H groups in total. The number of thioether (sulfide) groups is 1. The van der Waals surface area contributed by atoms with Gasteiger partial charge in [-0.25, -0.2) is 0 Å². The molecule has 2 aromatic rings. The molecule has 0 aliphatic heterocycles. The van der Waals surface area contributed by atoms with Gasteiger partial charge in [0.25, 0.3) is 0 Å². The van der Waals surface area contributed by atoms with Crippen LogP contribution in [0.3, 0.4) is 0 Å². The van der Waals surface area contributed by atoms with Gasteiger partial charge in [-0.1, -0.05) is 17.7 Å². The van der Waals surface area contributed by atoms with E-state index in [4.69, 9.17) is 10.5 Å². The molecular formula is C16H17NO2S. The molecule has 0 unspecified atom stereocenters. The Bertz CT molecular complexity index is 608. The van der Waals surface area contributed by atoms with Crippen molar-refractivity contribution in [3.8, 4) is 5.75 Å². The topological polar surface area (TPSA) is 52.3 Å². The third-order valence-corrected chi connectivity index (χ3v) is 4.04. The number of hydrogen-bond donors (Lipinski definition) is 1. The molecule has 0 saturated heterocycles. The van der Waals surface area contributed by atoms with Gasteiger partial charge in [0.2, 0.25) is 5.91 Å². The zero-order valence-corrected chi connectivity index (χ0v) is 12.4. The van der Waals surface area contributed by atoms with Crippen LogP contribution in [-0.2, 0) is 5.75 Å². The van der Waals surface area contributed by atoms with Gasteiger partial charge in [0, 0.05) is 21.8 Å². The molecule has 0 aliphatic rings. The van der Waals surface area contributed by atoms with E-state index in [1.54, 1.807) is 37.1 Å². The van der Waals surface area contributed by atoms with E-state index in [2.05, 4.69) is 31.2 Å². The van der Waals surface area contributed by atoms with E-state index < -0.39 is 5.91 Å². The highest BCUT2D eigenvalue weighted by molar-refractivity contribution is 7.98. The molecule has 0 bridgehead atoms. The van der Waals surface area contributed by atoms with E-state index in [-0.39, 0.29) is 0 Å². The molecule has 0 heterocycles. The zero-order chi connectivity index (χ0) is 14.5. The van der Waals surface area contributed by atoms with E-state index in [0.29, 0.717) is 5.56 Å². The maximum absolute atomic E-state index is 11.2. The number of ether oxygens (including phenoxy) is 1. The number of amides is 1. The first-order valence-corrected chi connectivity index (χ1v) is 7.25. The van der Waals surface area contributed by atoms with Crippen molar-refractivity contribution in [3.63, 3.8) is 0 Å². The smallest absolute Gasteiger partial charge is 0.248 e. The summed E-state index contributed by atoms with van der Waals surface area (Å²) in [7, 11) is 1.62. The number of carbonyl (C=O) groups is 1. The van der Waals surface area contributed by atoms with Crippen LogP contribution < -0.4 is 10.5 Å². The van der Waals surface area contributed by atoms with Crippen molar-refractivity contribution < 1.29 is 9.53 Å². The van der Waals surface area contributed by atoms with Crippen molar-refractivity contribution in [1.82, 2.24) is 0 Å². The van der Waals surface area contributed by atoms with Gasteiger partial charge in [-0.15, -0.1) is 11.8 Å². The number of methoxy groups -OCH3 is 1. The van der Waals surface area contributed by atoms with Crippen LogP contribution in [0.1, 0.15) is 21.5 Å². The molecule has 0 saturated carbocycles. The fraction of sp³-hybridized carbons (Fsp3) is 0.188. The Morgan fingerprint density at radius 3 is 2.50 bits per heavy atom. The zero-order valence-electron chi connectivity index (χ0n) is 11.6. The minimum atomic E-state index is -0.422. The molecule has 2 aromatic carbocycles. The summed E-state index contributed by atoms with van der Waals surface area (Å²) in [4.78, 5) is 12.4. The lowest BCUT2D eigenvalue weighted by Crippen LogP contribution is -2.11. The molecule has 20 heavy (non-hydrogen) atoms. The van der Waals surface area contributed by atoms with Gasteiger partial charge < -0.3 is 10.5 Å². The average molecular weight is 287 g/mol. The summed E-state index contributed by atoms with van der Waals surface area (Å²) in [5.74, 6) is 1.08. The molecule has 4 heteroatoms. The lowest BCUT2D eigenvalue weighted by Gasteiger charge is -2.09. The van der Waals surface area contributed by atoms with Crippen LogP contribution in [0.4, 0.5) is 0 Å². The van der Waals surface area contributed by atoms with Crippen molar-refractivity contribution in [2.75, 3.05) is 7.11 Å². The number of benzene rings is 2. The van der Waals surface area contributed by atoms with E-state index >= 15 is 0 Å². The number of aryl methyl sites for hydroxylation is 1. The van der Waals surface area contributed by atoms with Gasteiger partial charge in [0.05, 0.1) is 7.11 Å². The summed E-state index contributed by atoms with van der Waals surface area (Å²) in [6.45, 7) is 2.06. The second kappa shape index (κ2) is 6.48. The standard InChI is InChI=1S/C16H17NO2S/c1-11-3-6-14(7-4-11)20-10-13-9-12(16(17)18)5-8-15(13)19-2/h3-9H,10H2,1-2H3,(H2,17,18). The summed E-state index contributed by atoms with van der Waals surface area (Å²) >= 11 is 1.70. The van der Waals surface area contributed by atoms with E-state index in [1.807, 2.05) is 0 Å². The molecule has 3 nitrogen and oxygen atoms in total. The molecule has 0 aliphatic carbocycles. The van der Waals surface area contributed by atoms with Crippen LogP contribution in [0.15, 0.2) is 47.4 Å². The second-order valence-corrected chi connectivity index (χ2v) is 5.54. The lowest BCUT2D eigenvalue weighted by atomic mass is 10.1. The molecule has 0 fully saturated rings. The Labute approximate surface area is 123 Å². The predicted molar refractivity (Wildman–Crippen MR) is 82.3 cm³/mol. The van der Waals surface area contributed by atoms with Gasteiger partial charge >= 0.3 is 0 Å². The number of rotatable bonds is 5. The quantitative estimate of drug-likeness (QED) is 0.858. The molecule has 1 amide bonds. The summed E-state index contributed by atoms with van der Waals surface area (Å²) in [5, 5.41) is 0. The van der Waals surface area contributed by atoms with Crippen LogP contribution in [0.5, 0.6) is 5.75 Å². The monoisotopic (exact) mass is 287 g/mol. The van der Waals surface area contributed by atoms with E-state index in [0.717, 1.165) is 17.1 Å². The largest absolute Gasteiger partial charge is 0.496 e. The highest BCUT2D eigenvalue weighted by Crippen LogP contribution is 2.28. The van der Waals surface area contributed by atoms with Crippen molar-refractivity contribution in [2.45, 2.75) is 17.6 Å². The minimum Gasteiger partial charge on any atom is -0.496 e. The molecule has 0 spiro atoms. The van der Waals surface area contributed by atoms with Gasteiger partial charge in [-0.2, -0.15) is 0 Å². The Morgan fingerprint density at radius 1 is 1.20 bits per heavy atom. The van der Waals surface area contributed by atoms with Crippen LogP contribution >= 0.6 is 11.8 Å². The van der Waals surface area contributed by atoms with Gasteiger partial charge in [0.15, 0.2) is 0 Å². The maximum atomic E-state index is 11.2. The van der Waals surface area contributed by atoms with Crippen LogP contribution in [0.2, 0.25) is 0 Å². The summed E-state index contributed by atoms with van der Waals surface area (Å²) < 4.78 is 5.32. The predicted octanol–water partition coefficient (Wildman–Crippen LogP) is 3.39. The van der Waals surface area contributed by atoms with Crippen LogP contribution in [0, 0.1) is 6.92 Å². The molecule has 0 atom stereocenters. The number of hydrogen-bond acceptors (Lipinski definition) is 3. The van der Waals surface area contributed by atoms with Crippen molar-refractivity contribution in [3.05, 3.63) is 59.2 Å². The highest BCUT2D eigenvalue weighted by atomic mass is 32.2. The molecule has 0 radical (unpaired) electrons. The Balaban J connectivity index is 2.16. The van der Waals surface area contributed by atoms with Crippen molar-refractivity contribution >= 4 is 17.7 Å². The van der Waals surface area contributed by atoms with E-state index in [9.17, 15) is 4.79 Å². The molecular weight excluding hydrogens is 270 g/mol. The third kappa shape index (κ3) is 3.54. The normalized spacial score (nSPS) is 10.3. The number of carbonyl (C=O) groups excluding carboxylic acids is 1. The fourth-order valence-electron chi connectivity index (χ4n) is 1.84. The summed E-state index contributed by atoms with van der Waals surface area (Å²) in [6, 6.07) is 13.6. The first-order chi connectivity index (χ1) is 9.60. The van der Waals surface area contributed by atoms with E-state index in [1.165, 1.54) is 10.5 Å². The van der Waals surface area contributed by atoms with Gasteiger partial charge in [-0.3, -0.25) is 4.79 Å². The fourth-order valence-corrected chi connectivity index (χ4v) is 2.72. The molecule has 104 valence electrons. The second-order valence-electron chi connectivity index (χ2n) is 4.49. The average Bonchev–Trinajstić information content (AvgIpc) is 2.46. The third-order valence-electron chi connectivity index (χ3n) is 2.98. The first-order valence-electron chi connectivity index (χ1n) is 6.26. The maximum Gasteiger partial charge on any atom is 0.248 e. The Morgan fingerprint density at radius 2 is 1.90 bits per heavy atom. The van der Waals surface area contributed by atoms with Crippen molar-refractivity contribution in [2.24, 2.45) is 5.73 Å².